The minimum absolute atomic E-state index is 0.414. The molecule has 5 nitrogen and oxygen atoms in total. The highest BCUT2D eigenvalue weighted by atomic mass is 35.5. The molecule has 1 N–H and O–H groups in total. The monoisotopic (exact) mass is 274 g/mol. The molecule has 3 aromatic rings. The third-order valence-corrected chi connectivity index (χ3v) is 3.32. The molecule has 96 valence electrons. The van der Waals surface area contributed by atoms with E-state index in [0.29, 0.717) is 11.4 Å². The quantitative estimate of drug-likeness (QED) is 0.794. The van der Waals surface area contributed by atoms with Crippen molar-refractivity contribution in [2.75, 3.05) is 0 Å². The Kier molecular flexibility index (Phi) is 3.15. The van der Waals surface area contributed by atoms with Crippen LogP contribution < -0.4 is 0 Å². The third-order valence-electron chi connectivity index (χ3n) is 2.98. The second-order valence-corrected chi connectivity index (χ2v) is 4.60. The van der Waals surface area contributed by atoms with Crippen LogP contribution >= 0.6 is 11.6 Å². The van der Waals surface area contributed by atoms with Crippen molar-refractivity contribution in [3.05, 3.63) is 59.4 Å². The van der Waals surface area contributed by atoms with Crippen molar-refractivity contribution in [2.24, 2.45) is 0 Å². The Morgan fingerprint density at radius 3 is 2.89 bits per heavy atom. The highest BCUT2D eigenvalue weighted by molar-refractivity contribution is 6.31. The van der Waals surface area contributed by atoms with Crippen molar-refractivity contribution in [2.45, 2.75) is 12.5 Å². The lowest BCUT2D eigenvalue weighted by atomic mass is 10.0. The van der Waals surface area contributed by atoms with Gasteiger partial charge in [0.25, 0.3) is 0 Å². The SMILES string of the molecule is OC(Cc1ccncc1Cl)c1cnn2ccncc12. The Morgan fingerprint density at radius 1 is 1.21 bits per heavy atom. The number of pyridine rings is 1. The fourth-order valence-corrected chi connectivity index (χ4v) is 2.19. The highest BCUT2D eigenvalue weighted by Gasteiger charge is 2.15. The zero-order chi connectivity index (χ0) is 13.2. The van der Waals surface area contributed by atoms with Gasteiger partial charge in [-0.05, 0) is 11.6 Å². The van der Waals surface area contributed by atoms with Crippen molar-refractivity contribution < 1.29 is 5.11 Å². The van der Waals surface area contributed by atoms with Crippen LogP contribution in [-0.2, 0) is 6.42 Å². The van der Waals surface area contributed by atoms with Crippen LogP contribution in [0.1, 0.15) is 17.2 Å². The van der Waals surface area contributed by atoms with Crippen LogP contribution in [0.3, 0.4) is 0 Å². The van der Waals surface area contributed by atoms with Crippen molar-refractivity contribution in [3.63, 3.8) is 0 Å². The first kappa shape index (κ1) is 12.1. The van der Waals surface area contributed by atoms with Crippen molar-refractivity contribution >= 4 is 17.1 Å². The molecule has 19 heavy (non-hydrogen) atoms. The molecule has 3 aromatic heterocycles. The Balaban J connectivity index is 1.92. The van der Waals surface area contributed by atoms with E-state index in [1.807, 2.05) is 0 Å². The van der Waals surface area contributed by atoms with Crippen LogP contribution in [0.25, 0.3) is 5.52 Å². The first-order valence-electron chi connectivity index (χ1n) is 5.79. The second kappa shape index (κ2) is 4.95. The fourth-order valence-electron chi connectivity index (χ4n) is 2.00. The van der Waals surface area contributed by atoms with E-state index in [2.05, 4.69) is 15.1 Å². The predicted octanol–water partition coefficient (Wildman–Crippen LogP) is 2.05. The van der Waals surface area contributed by atoms with Crippen LogP contribution in [0.5, 0.6) is 0 Å². The van der Waals surface area contributed by atoms with Gasteiger partial charge in [0, 0.05) is 36.8 Å². The van der Waals surface area contributed by atoms with E-state index in [0.717, 1.165) is 16.6 Å². The molecule has 1 unspecified atom stereocenters. The summed E-state index contributed by atoms with van der Waals surface area (Å²) in [5, 5.41) is 15.1. The molecule has 0 saturated carbocycles. The first-order chi connectivity index (χ1) is 9.25. The second-order valence-electron chi connectivity index (χ2n) is 4.19. The smallest absolute Gasteiger partial charge is 0.0903 e. The van der Waals surface area contributed by atoms with Gasteiger partial charge < -0.3 is 5.11 Å². The molecule has 0 amide bonds. The van der Waals surface area contributed by atoms with Crippen LogP contribution in [0.4, 0.5) is 0 Å². The van der Waals surface area contributed by atoms with Gasteiger partial charge in [0.15, 0.2) is 0 Å². The standard InChI is InChI=1S/C13H11ClN4O/c14-11-7-15-2-1-9(11)5-13(19)10-6-17-18-4-3-16-8-12(10)18/h1-4,6-8,13,19H,5H2. The molecule has 0 aromatic carbocycles. The molecular formula is C13H11ClN4O. The maximum atomic E-state index is 10.3. The molecule has 0 bridgehead atoms. The molecule has 0 saturated heterocycles. The molecule has 0 fully saturated rings. The van der Waals surface area contributed by atoms with Gasteiger partial charge in [-0.15, -0.1) is 0 Å². The maximum Gasteiger partial charge on any atom is 0.0903 e. The van der Waals surface area contributed by atoms with E-state index in [9.17, 15) is 5.11 Å². The zero-order valence-electron chi connectivity index (χ0n) is 9.94. The minimum atomic E-state index is -0.679. The lowest BCUT2D eigenvalue weighted by Crippen LogP contribution is -2.02. The Labute approximate surface area is 114 Å². The van der Waals surface area contributed by atoms with E-state index >= 15 is 0 Å². The maximum absolute atomic E-state index is 10.3. The van der Waals surface area contributed by atoms with Gasteiger partial charge >= 0.3 is 0 Å². The largest absolute Gasteiger partial charge is 0.388 e. The van der Waals surface area contributed by atoms with E-state index in [4.69, 9.17) is 11.6 Å². The molecule has 3 rings (SSSR count). The van der Waals surface area contributed by atoms with E-state index in [1.165, 1.54) is 0 Å². The van der Waals surface area contributed by atoms with E-state index in [1.54, 1.807) is 47.8 Å². The average molecular weight is 275 g/mol. The summed E-state index contributed by atoms with van der Waals surface area (Å²) < 4.78 is 1.68. The number of hydrogen-bond acceptors (Lipinski definition) is 4. The summed E-state index contributed by atoms with van der Waals surface area (Å²) in [4.78, 5) is 7.97. The van der Waals surface area contributed by atoms with Crippen molar-refractivity contribution in [1.82, 2.24) is 19.6 Å². The lowest BCUT2D eigenvalue weighted by Gasteiger charge is -2.10. The predicted molar refractivity (Wildman–Crippen MR) is 70.9 cm³/mol. The summed E-state index contributed by atoms with van der Waals surface area (Å²) in [7, 11) is 0. The number of aliphatic hydroxyl groups excluding tert-OH is 1. The van der Waals surface area contributed by atoms with Crippen LogP contribution in [0.2, 0.25) is 5.02 Å². The fraction of sp³-hybridized carbons (Fsp3) is 0.154. The van der Waals surface area contributed by atoms with Crippen molar-refractivity contribution in [3.8, 4) is 0 Å². The zero-order valence-corrected chi connectivity index (χ0v) is 10.7. The van der Waals surface area contributed by atoms with Gasteiger partial charge in [0.2, 0.25) is 0 Å². The number of aromatic nitrogens is 4. The first-order valence-corrected chi connectivity index (χ1v) is 6.17. The number of rotatable bonds is 3. The normalized spacial score (nSPS) is 12.7. The number of nitrogens with zero attached hydrogens (tertiary/aromatic N) is 4. The summed E-state index contributed by atoms with van der Waals surface area (Å²) in [6.07, 6.45) is 9.68. The summed E-state index contributed by atoms with van der Waals surface area (Å²) >= 11 is 6.04. The molecule has 1 atom stereocenters. The molecular weight excluding hydrogens is 264 g/mol. The van der Waals surface area contributed by atoms with Gasteiger partial charge in [-0.2, -0.15) is 5.10 Å². The molecule has 0 aliphatic rings. The number of hydrogen-bond donors (Lipinski definition) is 1. The van der Waals surface area contributed by atoms with Crippen LogP contribution in [-0.4, -0.2) is 24.7 Å². The molecule has 0 aliphatic carbocycles. The highest BCUT2D eigenvalue weighted by Crippen LogP contribution is 2.25. The third kappa shape index (κ3) is 2.30. The Bertz CT molecular complexity index is 712. The molecule has 0 aliphatic heterocycles. The Morgan fingerprint density at radius 2 is 2.05 bits per heavy atom. The number of halogens is 1. The molecule has 6 heteroatoms. The van der Waals surface area contributed by atoms with Crippen molar-refractivity contribution in [1.29, 1.82) is 0 Å². The summed E-state index contributed by atoms with van der Waals surface area (Å²) in [5.41, 5.74) is 2.38. The van der Waals surface area contributed by atoms with E-state index < -0.39 is 6.10 Å². The summed E-state index contributed by atoms with van der Waals surface area (Å²) in [6.45, 7) is 0. The topological polar surface area (TPSA) is 63.3 Å². The van der Waals surface area contributed by atoms with Gasteiger partial charge in [-0.1, -0.05) is 11.6 Å². The number of fused-ring (bicyclic) bond motifs is 1. The van der Waals surface area contributed by atoms with Gasteiger partial charge in [0.1, 0.15) is 0 Å². The van der Waals surface area contributed by atoms with E-state index in [-0.39, 0.29) is 0 Å². The average Bonchev–Trinajstić information content (AvgIpc) is 2.85. The van der Waals surface area contributed by atoms with Gasteiger partial charge in [-0.3, -0.25) is 9.97 Å². The van der Waals surface area contributed by atoms with Crippen LogP contribution in [0, 0.1) is 0 Å². The van der Waals surface area contributed by atoms with Gasteiger partial charge in [0.05, 0.1) is 29.0 Å². The number of aliphatic hydroxyl groups is 1. The summed E-state index contributed by atoms with van der Waals surface area (Å²) in [6, 6.07) is 1.80. The lowest BCUT2D eigenvalue weighted by molar-refractivity contribution is 0.180. The summed E-state index contributed by atoms with van der Waals surface area (Å²) in [5.74, 6) is 0. The minimum Gasteiger partial charge on any atom is -0.388 e. The molecule has 0 radical (unpaired) electrons. The molecule has 3 heterocycles. The molecule has 0 spiro atoms. The van der Waals surface area contributed by atoms with Gasteiger partial charge in [-0.25, -0.2) is 4.52 Å². The van der Waals surface area contributed by atoms with Crippen LogP contribution in [0.15, 0.2) is 43.2 Å². The Hall–Kier alpha value is -1.98.